The first-order valence-electron chi connectivity index (χ1n) is 6.13. The third kappa shape index (κ3) is 3.19. The standard InChI is InChI=1S/C13H19N3OS/c1-3-12-11(8-16(2)15-12)6-14-7-13(17)10-4-5-18-9-10/h4-5,8-9,13-14,17H,3,6-7H2,1-2H3. The number of rotatable bonds is 6. The van der Waals surface area contributed by atoms with E-state index in [-0.39, 0.29) is 0 Å². The highest BCUT2D eigenvalue weighted by atomic mass is 32.1. The lowest BCUT2D eigenvalue weighted by Gasteiger charge is -2.10. The van der Waals surface area contributed by atoms with Crippen molar-refractivity contribution in [3.8, 4) is 0 Å². The number of aliphatic hydroxyl groups is 1. The van der Waals surface area contributed by atoms with Gasteiger partial charge in [-0.3, -0.25) is 4.68 Å². The number of aryl methyl sites for hydroxylation is 2. The van der Waals surface area contributed by atoms with E-state index in [1.807, 2.05) is 34.8 Å². The van der Waals surface area contributed by atoms with Crippen molar-refractivity contribution in [1.82, 2.24) is 15.1 Å². The van der Waals surface area contributed by atoms with E-state index in [1.165, 1.54) is 5.56 Å². The van der Waals surface area contributed by atoms with Gasteiger partial charge in [0.1, 0.15) is 0 Å². The molecule has 0 radical (unpaired) electrons. The summed E-state index contributed by atoms with van der Waals surface area (Å²) >= 11 is 1.61. The Morgan fingerprint density at radius 2 is 2.39 bits per heavy atom. The quantitative estimate of drug-likeness (QED) is 0.838. The molecule has 0 saturated heterocycles. The van der Waals surface area contributed by atoms with E-state index >= 15 is 0 Å². The molecule has 1 unspecified atom stereocenters. The van der Waals surface area contributed by atoms with Crippen molar-refractivity contribution in [2.45, 2.75) is 26.0 Å². The lowest BCUT2D eigenvalue weighted by atomic mass is 10.2. The van der Waals surface area contributed by atoms with Crippen molar-refractivity contribution < 1.29 is 5.11 Å². The highest BCUT2D eigenvalue weighted by Crippen LogP contribution is 2.15. The van der Waals surface area contributed by atoms with Crippen LogP contribution in [0.3, 0.4) is 0 Å². The van der Waals surface area contributed by atoms with Crippen LogP contribution in [-0.4, -0.2) is 21.4 Å². The summed E-state index contributed by atoms with van der Waals surface area (Å²) in [5.74, 6) is 0. The molecule has 2 heterocycles. The normalized spacial score (nSPS) is 12.8. The van der Waals surface area contributed by atoms with Crippen LogP contribution in [0.25, 0.3) is 0 Å². The summed E-state index contributed by atoms with van der Waals surface area (Å²) in [6, 6.07) is 1.96. The highest BCUT2D eigenvalue weighted by molar-refractivity contribution is 7.07. The number of nitrogens with one attached hydrogen (secondary N) is 1. The first kappa shape index (κ1) is 13.3. The van der Waals surface area contributed by atoms with E-state index in [1.54, 1.807) is 11.3 Å². The lowest BCUT2D eigenvalue weighted by molar-refractivity contribution is 0.175. The van der Waals surface area contributed by atoms with Crippen molar-refractivity contribution in [3.63, 3.8) is 0 Å². The predicted octanol–water partition coefficient (Wildman–Crippen LogP) is 1.87. The van der Waals surface area contributed by atoms with Crippen LogP contribution in [0, 0.1) is 0 Å². The number of hydrogen-bond donors (Lipinski definition) is 2. The van der Waals surface area contributed by atoms with Crippen LogP contribution >= 0.6 is 11.3 Å². The number of thiophene rings is 1. The molecule has 0 spiro atoms. The molecule has 2 aromatic rings. The number of aromatic nitrogens is 2. The Hall–Kier alpha value is -1.17. The van der Waals surface area contributed by atoms with Crippen LogP contribution in [0.1, 0.15) is 29.8 Å². The van der Waals surface area contributed by atoms with E-state index in [0.29, 0.717) is 6.54 Å². The van der Waals surface area contributed by atoms with Crippen LogP contribution in [-0.2, 0) is 20.0 Å². The second kappa shape index (κ2) is 6.13. The summed E-state index contributed by atoms with van der Waals surface area (Å²) in [7, 11) is 1.93. The fourth-order valence-corrected chi connectivity index (χ4v) is 2.66. The summed E-state index contributed by atoms with van der Waals surface area (Å²) in [4.78, 5) is 0. The van der Waals surface area contributed by atoms with Gasteiger partial charge in [0.05, 0.1) is 11.8 Å². The van der Waals surface area contributed by atoms with Crippen LogP contribution in [0.2, 0.25) is 0 Å². The fraction of sp³-hybridized carbons (Fsp3) is 0.462. The van der Waals surface area contributed by atoms with Gasteiger partial charge >= 0.3 is 0 Å². The summed E-state index contributed by atoms with van der Waals surface area (Å²) in [6.07, 6.45) is 2.53. The molecule has 2 rings (SSSR count). The van der Waals surface area contributed by atoms with Gasteiger partial charge in [-0.2, -0.15) is 16.4 Å². The maximum Gasteiger partial charge on any atom is 0.0922 e. The minimum atomic E-state index is -0.432. The summed E-state index contributed by atoms with van der Waals surface area (Å²) in [6.45, 7) is 3.42. The monoisotopic (exact) mass is 265 g/mol. The molecule has 0 bridgehead atoms. The molecule has 5 heteroatoms. The van der Waals surface area contributed by atoms with Gasteiger partial charge in [0.25, 0.3) is 0 Å². The fourth-order valence-electron chi connectivity index (χ4n) is 1.95. The van der Waals surface area contributed by atoms with Crippen LogP contribution in [0.4, 0.5) is 0 Å². The number of hydrogen-bond acceptors (Lipinski definition) is 4. The maximum atomic E-state index is 9.94. The van der Waals surface area contributed by atoms with Gasteiger partial charge in [-0.25, -0.2) is 0 Å². The van der Waals surface area contributed by atoms with Crippen LogP contribution in [0.15, 0.2) is 23.0 Å². The van der Waals surface area contributed by atoms with Gasteiger partial charge in [0.2, 0.25) is 0 Å². The van der Waals surface area contributed by atoms with Gasteiger partial charge in [-0.05, 0) is 28.8 Å². The largest absolute Gasteiger partial charge is 0.387 e. The molecule has 0 fully saturated rings. The molecular weight excluding hydrogens is 246 g/mol. The first-order valence-corrected chi connectivity index (χ1v) is 7.07. The molecule has 0 amide bonds. The first-order chi connectivity index (χ1) is 8.70. The van der Waals surface area contributed by atoms with Crippen molar-refractivity contribution in [2.75, 3.05) is 6.54 Å². The molecule has 18 heavy (non-hydrogen) atoms. The smallest absolute Gasteiger partial charge is 0.0922 e. The summed E-state index contributed by atoms with van der Waals surface area (Å²) < 4.78 is 1.84. The molecule has 4 nitrogen and oxygen atoms in total. The van der Waals surface area contributed by atoms with Gasteiger partial charge in [-0.15, -0.1) is 0 Å². The molecule has 0 aliphatic carbocycles. The van der Waals surface area contributed by atoms with Gasteiger partial charge in [-0.1, -0.05) is 6.92 Å². The van der Waals surface area contributed by atoms with Gasteiger partial charge in [0, 0.05) is 31.9 Å². The summed E-state index contributed by atoms with van der Waals surface area (Å²) in [5.41, 5.74) is 3.31. The molecule has 0 saturated carbocycles. The topological polar surface area (TPSA) is 50.1 Å². The Morgan fingerprint density at radius 3 is 3.06 bits per heavy atom. The Morgan fingerprint density at radius 1 is 1.56 bits per heavy atom. The van der Waals surface area contributed by atoms with Crippen molar-refractivity contribution in [1.29, 1.82) is 0 Å². The molecule has 2 N–H and O–H groups in total. The minimum absolute atomic E-state index is 0.432. The number of nitrogens with zero attached hydrogens (tertiary/aromatic N) is 2. The highest BCUT2D eigenvalue weighted by Gasteiger charge is 2.09. The zero-order chi connectivity index (χ0) is 13.0. The molecule has 2 aromatic heterocycles. The molecule has 0 aromatic carbocycles. The van der Waals surface area contributed by atoms with E-state index in [0.717, 1.165) is 24.2 Å². The molecule has 0 aliphatic heterocycles. The Labute approximate surface area is 111 Å². The van der Waals surface area contributed by atoms with Gasteiger partial charge < -0.3 is 10.4 Å². The zero-order valence-corrected chi connectivity index (χ0v) is 11.6. The van der Waals surface area contributed by atoms with E-state index in [2.05, 4.69) is 17.3 Å². The minimum Gasteiger partial charge on any atom is -0.387 e. The van der Waals surface area contributed by atoms with E-state index < -0.39 is 6.10 Å². The second-order valence-electron chi connectivity index (χ2n) is 4.33. The third-order valence-electron chi connectivity index (χ3n) is 2.91. The second-order valence-corrected chi connectivity index (χ2v) is 5.11. The molecule has 98 valence electrons. The van der Waals surface area contributed by atoms with E-state index in [9.17, 15) is 5.11 Å². The predicted molar refractivity (Wildman–Crippen MR) is 73.6 cm³/mol. The Balaban J connectivity index is 1.85. The SMILES string of the molecule is CCc1nn(C)cc1CNCC(O)c1ccsc1. The number of aliphatic hydroxyl groups excluding tert-OH is 1. The van der Waals surface area contributed by atoms with Crippen LogP contribution in [0.5, 0.6) is 0 Å². The Kier molecular flexibility index (Phi) is 4.52. The average Bonchev–Trinajstić information content (AvgIpc) is 2.98. The van der Waals surface area contributed by atoms with Crippen molar-refractivity contribution >= 4 is 11.3 Å². The van der Waals surface area contributed by atoms with Gasteiger partial charge in [0.15, 0.2) is 0 Å². The lowest BCUT2D eigenvalue weighted by Crippen LogP contribution is -2.21. The maximum absolute atomic E-state index is 9.94. The summed E-state index contributed by atoms with van der Waals surface area (Å²) in [5, 5.41) is 21.6. The molecule has 1 atom stereocenters. The molecule has 0 aliphatic rings. The van der Waals surface area contributed by atoms with E-state index in [4.69, 9.17) is 0 Å². The van der Waals surface area contributed by atoms with Crippen LogP contribution < -0.4 is 5.32 Å². The average molecular weight is 265 g/mol. The van der Waals surface area contributed by atoms with Crippen molar-refractivity contribution in [3.05, 3.63) is 39.8 Å². The Bertz CT molecular complexity index is 478. The zero-order valence-electron chi connectivity index (χ0n) is 10.8. The third-order valence-corrected chi connectivity index (χ3v) is 3.61. The van der Waals surface area contributed by atoms with Crippen molar-refractivity contribution in [2.24, 2.45) is 7.05 Å². The molecular formula is C13H19N3OS.